The molecule has 130 valence electrons. The van der Waals surface area contributed by atoms with Crippen LogP contribution in [-0.2, 0) is 0 Å². The smallest absolute Gasteiger partial charge is 0.0794 e. The molecule has 0 rings (SSSR count). The summed E-state index contributed by atoms with van der Waals surface area (Å²) in [5, 5.41) is 1.17. The molecule has 0 saturated carbocycles. The quantitative estimate of drug-likeness (QED) is 0.231. The molecule has 0 amide bonds. The third kappa shape index (κ3) is 12.9. The molecule has 0 aliphatic heterocycles. The van der Waals surface area contributed by atoms with Gasteiger partial charge in [0.2, 0.25) is 0 Å². The van der Waals surface area contributed by atoms with Crippen LogP contribution in [0.4, 0.5) is 0 Å². The molecule has 0 heterocycles. The Labute approximate surface area is 149 Å². The number of hydrogen-bond acceptors (Lipinski definition) is 0. The van der Waals surface area contributed by atoms with Gasteiger partial charge in [0.1, 0.15) is 0 Å². The minimum Gasteiger partial charge on any atom is -1.00 e. The second-order valence-electron chi connectivity index (χ2n) is 6.40. The van der Waals surface area contributed by atoms with Gasteiger partial charge in [-0.3, -0.25) is 0 Å². The van der Waals surface area contributed by atoms with E-state index in [1.165, 1.54) is 100 Å². The van der Waals surface area contributed by atoms with Gasteiger partial charge in [-0.2, -0.15) is 0 Å². The Morgan fingerprint density at radius 3 is 1.19 bits per heavy atom. The minimum absolute atomic E-state index is 0. The molecule has 1 nitrogen and oxygen atoms in total. The van der Waals surface area contributed by atoms with Gasteiger partial charge < -0.3 is 16.9 Å². The van der Waals surface area contributed by atoms with Gasteiger partial charge in [-0.1, -0.05) is 56.0 Å². The third-order valence-corrected chi connectivity index (χ3v) is 5.03. The zero-order chi connectivity index (χ0) is 15.1. The maximum absolute atomic E-state index is 3.64. The van der Waals surface area contributed by atoms with Gasteiger partial charge in [-0.15, -0.1) is 0 Å². The fourth-order valence-electron chi connectivity index (χ4n) is 3.16. The van der Waals surface area contributed by atoms with E-state index >= 15 is 0 Å². The monoisotopic (exact) mass is 383 g/mol. The molecule has 0 atom stereocenters. The summed E-state index contributed by atoms with van der Waals surface area (Å²) in [7, 11) is 0. The lowest BCUT2D eigenvalue weighted by molar-refractivity contribution is -0.928. The molecule has 0 radical (unpaired) electrons. The van der Waals surface area contributed by atoms with Gasteiger partial charge in [-0.05, 0) is 38.5 Å². The maximum Gasteiger partial charge on any atom is 0.0794 e. The van der Waals surface area contributed by atoms with Crippen molar-refractivity contribution in [3.63, 3.8) is 0 Å². The Hall–Kier alpha value is 0.730. The molecule has 0 bridgehead atoms. The molecule has 0 aliphatic carbocycles. The molecule has 0 unspecified atom stereocenters. The predicted molar refractivity (Wildman–Crippen MR) is 96.7 cm³/mol. The summed E-state index contributed by atoms with van der Waals surface area (Å²) in [6, 6.07) is 0. The lowest BCUT2D eigenvalue weighted by Crippen LogP contribution is -3.00. The molecule has 0 aromatic heterocycles. The van der Waals surface area contributed by atoms with Crippen LogP contribution in [0.15, 0.2) is 0 Å². The van der Waals surface area contributed by atoms with E-state index in [1.807, 2.05) is 0 Å². The predicted octanol–water partition coefficient (Wildman–Crippen LogP) is 3.16. The summed E-state index contributed by atoms with van der Waals surface area (Å²) in [6.07, 6.45) is 13.9. The summed E-state index contributed by atoms with van der Waals surface area (Å²) in [6.45, 7) is 12.6. The van der Waals surface area contributed by atoms with Crippen LogP contribution in [0, 0.1) is 0 Å². The highest BCUT2D eigenvalue weighted by Gasteiger charge is 2.25. The summed E-state index contributed by atoms with van der Waals surface area (Å²) >= 11 is 3.64. The van der Waals surface area contributed by atoms with Crippen molar-refractivity contribution in [3.05, 3.63) is 0 Å². The minimum atomic E-state index is 0. The number of quaternary nitrogens is 1. The van der Waals surface area contributed by atoms with Gasteiger partial charge in [0.05, 0.1) is 26.2 Å². The van der Waals surface area contributed by atoms with E-state index in [9.17, 15) is 0 Å². The molecule has 0 fully saturated rings. The average Bonchev–Trinajstić information content (AvgIpc) is 2.46. The van der Waals surface area contributed by atoms with E-state index in [-0.39, 0.29) is 12.4 Å². The zero-order valence-corrected chi connectivity index (χ0v) is 17.2. The second-order valence-corrected chi connectivity index (χ2v) is 7.19. The van der Waals surface area contributed by atoms with Crippen molar-refractivity contribution in [2.45, 2.75) is 85.0 Å². The SMILES string of the molecule is CCCCC[N+](CCCBr)(CCCCC)CCCCC.[Cl-]. The first-order chi connectivity index (χ1) is 9.74. The van der Waals surface area contributed by atoms with Gasteiger partial charge in [-0.25, -0.2) is 0 Å². The highest BCUT2D eigenvalue weighted by molar-refractivity contribution is 9.09. The van der Waals surface area contributed by atoms with E-state index in [2.05, 4.69) is 36.7 Å². The Bertz CT molecular complexity index is 173. The Morgan fingerprint density at radius 1 is 0.571 bits per heavy atom. The number of halogens is 2. The molecular formula is C18H39BrClN. The number of hydrogen-bond donors (Lipinski definition) is 0. The number of rotatable bonds is 15. The summed E-state index contributed by atoms with van der Waals surface area (Å²) < 4.78 is 1.41. The normalized spacial score (nSPS) is 11.4. The zero-order valence-electron chi connectivity index (χ0n) is 14.8. The van der Waals surface area contributed by atoms with Crippen LogP contribution in [0.1, 0.15) is 85.0 Å². The lowest BCUT2D eigenvalue weighted by atomic mass is 10.1. The van der Waals surface area contributed by atoms with Crippen LogP contribution >= 0.6 is 15.9 Å². The van der Waals surface area contributed by atoms with E-state index in [4.69, 9.17) is 0 Å². The van der Waals surface area contributed by atoms with Gasteiger partial charge in [0.25, 0.3) is 0 Å². The van der Waals surface area contributed by atoms with Crippen molar-refractivity contribution >= 4 is 15.9 Å². The number of nitrogens with zero attached hydrogens (tertiary/aromatic N) is 1. The van der Waals surface area contributed by atoms with Crippen LogP contribution in [0.5, 0.6) is 0 Å². The van der Waals surface area contributed by atoms with Crippen molar-refractivity contribution in [2.75, 3.05) is 31.5 Å². The summed E-state index contributed by atoms with van der Waals surface area (Å²) in [4.78, 5) is 0. The molecular weight excluding hydrogens is 346 g/mol. The van der Waals surface area contributed by atoms with Crippen molar-refractivity contribution < 1.29 is 16.9 Å². The Morgan fingerprint density at radius 2 is 0.905 bits per heavy atom. The molecule has 0 aromatic carbocycles. The largest absolute Gasteiger partial charge is 1.00 e. The lowest BCUT2D eigenvalue weighted by Gasteiger charge is -2.39. The van der Waals surface area contributed by atoms with Crippen LogP contribution in [0.2, 0.25) is 0 Å². The van der Waals surface area contributed by atoms with Crippen molar-refractivity contribution in [1.82, 2.24) is 0 Å². The average molecular weight is 385 g/mol. The summed E-state index contributed by atoms with van der Waals surface area (Å²) in [5.74, 6) is 0. The number of unbranched alkanes of at least 4 members (excludes halogenated alkanes) is 6. The molecule has 0 saturated heterocycles. The molecule has 0 aromatic rings. The second kappa shape index (κ2) is 17.1. The van der Waals surface area contributed by atoms with Crippen molar-refractivity contribution in [2.24, 2.45) is 0 Å². The molecule has 0 aliphatic rings. The van der Waals surface area contributed by atoms with E-state index in [1.54, 1.807) is 0 Å². The van der Waals surface area contributed by atoms with Crippen LogP contribution in [0.25, 0.3) is 0 Å². The fourth-order valence-corrected chi connectivity index (χ4v) is 3.41. The molecule has 21 heavy (non-hydrogen) atoms. The van der Waals surface area contributed by atoms with Gasteiger partial charge >= 0.3 is 0 Å². The fraction of sp³-hybridized carbons (Fsp3) is 1.00. The first kappa shape index (κ1) is 24.0. The first-order valence-electron chi connectivity index (χ1n) is 9.15. The highest BCUT2D eigenvalue weighted by atomic mass is 79.9. The molecule has 0 N–H and O–H groups in total. The molecule has 0 spiro atoms. The van der Waals surface area contributed by atoms with Gasteiger partial charge in [0, 0.05) is 11.8 Å². The van der Waals surface area contributed by atoms with Crippen LogP contribution in [-0.4, -0.2) is 36.0 Å². The standard InChI is InChI=1S/C18H39BrN.ClH/c1-4-7-10-15-20(18-13-14-19,16-11-8-5-2)17-12-9-6-3;/h4-18H2,1-3H3;1H/q+1;/p-1. The van der Waals surface area contributed by atoms with Crippen LogP contribution in [0.3, 0.4) is 0 Å². The maximum atomic E-state index is 3.64. The topological polar surface area (TPSA) is 0 Å². The molecule has 3 heteroatoms. The van der Waals surface area contributed by atoms with E-state index in [0.29, 0.717) is 0 Å². The number of alkyl halides is 1. The van der Waals surface area contributed by atoms with Crippen molar-refractivity contribution in [3.8, 4) is 0 Å². The highest BCUT2D eigenvalue weighted by Crippen LogP contribution is 2.17. The first-order valence-corrected chi connectivity index (χ1v) is 10.3. The van der Waals surface area contributed by atoms with Crippen molar-refractivity contribution in [1.29, 1.82) is 0 Å². The van der Waals surface area contributed by atoms with Crippen LogP contribution < -0.4 is 12.4 Å². The Balaban J connectivity index is 0. The van der Waals surface area contributed by atoms with E-state index in [0.717, 1.165) is 0 Å². The summed E-state index contributed by atoms with van der Waals surface area (Å²) in [5.41, 5.74) is 0. The Kier molecular flexibility index (Phi) is 19.5. The van der Waals surface area contributed by atoms with E-state index < -0.39 is 0 Å². The van der Waals surface area contributed by atoms with Gasteiger partial charge in [0.15, 0.2) is 0 Å². The third-order valence-electron chi connectivity index (χ3n) is 4.47.